The van der Waals surface area contributed by atoms with Gasteiger partial charge in [-0.25, -0.2) is 4.79 Å². The average Bonchev–Trinajstić information content (AvgIpc) is 3.15. The normalized spacial score (nSPS) is 16.4. The predicted octanol–water partition coefficient (Wildman–Crippen LogP) is 3.41. The molecule has 0 bridgehead atoms. The molecular formula is C16H19NO3. The molecule has 1 aliphatic rings. The quantitative estimate of drug-likeness (QED) is 0.846. The minimum atomic E-state index is -1.01. The number of carboxylic acid groups (broad SMARTS) is 1. The van der Waals surface area contributed by atoms with E-state index in [9.17, 15) is 9.90 Å². The molecule has 2 N–H and O–H groups in total. The third kappa shape index (κ3) is 2.70. The van der Waals surface area contributed by atoms with Crippen LogP contribution in [0.2, 0.25) is 0 Å². The molecule has 1 aromatic heterocycles. The van der Waals surface area contributed by atoms with E-state index in [0.29, 0.717) is 18.2 Å². The van der Waals surface area contributed by atoms with Crippen molar-refractivity contribution in [2.24, 2.45) is 5.92 Å². The van der Waals surface area contributed by atoms with Crippen molar-refractivity contribution in [3.8, 4) is 0 Å². The topological polar surface area (TPSA) is 62.5 Å². The second-order valence-corrected chi connectivity index (χ2v) is 5.67. The molecule has 0 aliphatic heterocycles. The van der Waals surface area contributed by atoms with E-state index in [-0.39, 0.29) is 5.76 Å². The second kappa shape index (κ2) is 5.29. The lowest BCUT2D eigenvalue weighted by molar-refractivity contribution is 0.0663. The van der Waals surface area contributed by atoms with Crippen molar-refractivity contribution in [2.45, 2.75) is 38.8 Å². The Hall–Kier alpha value is -1.81. The minimum absolute atomic E-state index is 0.0531. The number of rotatable bonds is 6. The smallest absolute Gasteiger partial charge is 0.372 e. The van der Waals surface area contributed by atoms with Crippen molar-refractivity contribution in [2.75, 3.05) is 0 Å². The summed E-state index contributed by atoms with van der Waals surface area (Å²) < 4.78 is 5.45. The Bertz CT molecular complexity index is 628. The fourth-order valence-corrected chi connectivity index (χ4v) is 2.66. The standard InChI is InChI=1S/C16H19NO3/c1-10(8-11-6-7-11)17-9-13-12-4-2-3-5-14(12)20-15(13)16(18)19/h2-5,10-11,17H,6-9H2,1H3,(H,18,19). The highest BCUT2D eigenvalue weighted by atomic mass is 16.4. The van der Waals surface area contributed by atoms with Crippen LogP contribution in [0.3, 0.4) is 0 Å². The Labute approximate surface area is 117 Å². The van der Waals surface area contributed by atoms with Gasteiger partial charge in [-0.15, -0.1) is 0 Å². The van der Waals surface area contributed by atoms with Crippen molar-refractivity contribution in [1.29, 1.82) is 0 Å². The summed E-state index contributed by atoms with van der Waals surface area (Å²) in [4.78, 5) is 11.3. The van der Waals surface area contributed by atoms with Gasteiger partial charge in [0.2, 0.25) is 5.76 Å². The number of carboxylic acids is 1. The maximum atomic E-state index is 11.3. The van der Waals surface area contributed by atoms with Gasteiger partial charge in [-0.3, -0.25) is 0 Å². The highest BCUT2D eigenvalue weighted by molar-refractivity contribution is 5.95. The Morgan fingerprint density at radius 2 is 2.20 bits per heavy atom. The maximum absolute atomic E-state index is 11.3. The highest BCUT2D eigenvalue weighted by Gasteiger charge is 2.24. The van der Waals surface area contributed by atoms with Crippen LogP contribution in [0.25, 0.3) is 11.0 Å². The lowest BCUT2D eigenvalue weighted by Gasteiger charge is -2.12. The Morgan fingerprint density at radius 1 is 1.45 bits per heavy atom. The first-order valence-electron chi connectivity index (χ1n) is 7.12. The van der Waals surface area contributed by atoms with Crippen LogP contribution in [-0.4, -0.2) is 17.1 Å². The van der Waals surface area contributed by atoms with Gasteiger partial charge in [-0.2, -0.15) is 0 Å². The molecule has 0 amide bonds. The molecule has 106 valence electrons. The molecule has 1 fully saturated rings. The zero-order chi connectivity index (χ0) is 14.1. The van der Waals surface area contributed by atoms with Crippen molar-refractivity contribution >= 4 is 16.9 Å². The molecule has 1 unspecified atom stereocenters. The summed E-state index contributed by atoms with van der Waals surface area (Å²) in [5, 5.41) is 13.6. The molecule has 20 heavy (non-hydrogen) atoms. The number of furan rings is 1. The van der Waals surface area contributed by atoms with E-state index < -0.39 is 5.97 Å². The van der Waals surface area contributed by atoms with Gasteiger partial charge in [0.05, 0.1) is 0 Å². The van der Waals surface area contributed by atoms with E-state index in [4.69, 9.17) is 4.42 Å². The van der Waals surface area contributed by atoms with E-state index in [0.717, 1.165) is 23.3 Å². The molecular weight excluding hydrogens is 254 g/mol. The molecule has 1 aromatic carbocycles. The highest BCUT2D eigenvalue weighted by Crippen LogP contribution is 2.33. The van der Waals surface area contributed by atoms with Crippen LogP contribution >= 0.6 is 0 Å². The number of nitrogens with one attached hydrogen (secondary N) is 1. The first-order chi connectivity index (χ1) is 9.65. The van der Waals surface area contributed by atoms with Crippen molar-refractivity contribution < 1.29 is 14.3 Å². The van der Waals surface area contributed by atoms with Crippen LogP contribution in [0, 0.1) is 5.92 Å². The number of benzene rings is 1. The molecule has 1 saturated carbocycles. The summed E-state index contributed by atoms with van der Waals surface area (Å²) in [7, 11) is 0. The number of fused-ring (bicyclic) bond motifs is 1. The fraction of sp³-hybridized carbons (Fsp3) is 0.438. The van der Waals surface area contributed by atoms with Crippen LogP contribution in [0.4, 0.5) is 0 Å². The summed E-state index contributed by atoms with van der Waals surface area (Å²) >= 11 is 0. The zero-order valence-corrected chi connectivity index (χ0v) is 11.6. The van der Waals surface area contributed by atoms with Gasteiger partial charge < -0.3 is 14.8 Å². The largest absolute Gasteiger partial charge is 0.475 e. The lowest BCUT2D eigenvalue weighted by Crippen LogP contribution is -2.26. The molecule has 4 nitrogen and oxygen atoms in total. The van der Waals surface area contributed by atoms with Crippen LogP contribution in [0.1, 0.15) is 42.3 Å². The summed E-state index contributed by atoms with van der Waals surface area (Å²) in [6.45, 7) is 2.69. The molecule has 1 aliphatic carbocycles. The molecule has 0 saturated heterocycles. The van der Waals surface area contributed by atoms with E-state index in [1.54, 1.807) is 6.07 Å². The summed E-state index contributed by atoms with van der Waals surface area (Å²) in [5.41, 5.74) is 1.38. The van der Waals surface area contributed by atoms with Crippen LogP contribution < -0.4 is 5.32 Å². The molecule has 4 heteroatoms. The maximum Gasteiger partial charge on any atom is 0.372 e. The number of para-hydroxylation sites is 1. The van der Waals surface area contributed by atoms with Crippen molar-refractivity contribution in [3.63, 3.8) is 0 Å². The van der Waals surface area contributed by atoms with Gasteiger partial charge in [0.15, 0.2) is 0 Å². The van der Waals surface area contributed by atoms with Gasteiger partial charge in [-0.1, -0.05) is 31.0 Å². The summed E-state index contributed by atoms with van der Waals surface area (Å²) in [5.74, 6) is -0.0947. The van der Waals surface area contributed by atoms with Crippen molar-refractivity contribution in [1.82, 2.24) is 5.32 Å². The summed E-state index contributed by atoms with van der Waals surface area (Å²) in [6, 6.07) is 7.87. The molecule has 2 aromatic rings. The first kappa shape index (κ1) is 13.2. The zero-order valence-electron chi connectivity index (χ0n) is 11.6. The Kier molecular flexibility index (Phi) is 3.49. The summed E-state index contributed by atoms with van der Waals surface area (Å²) in [6.07, 6.45) is 3.83. The van der Waals surface area contributed by atoms with Crippen molar-refractivity contribution in [3.05, 3.63) is 35.6 Å². The van der Waals surface area contributed by atoms with E-state index in [1.807, 2.05) is 18.2 Å². The second-order valence-electron chi connectivity index (χ2n) is 5.67. The Balaban J connectivity index is 1.80. The average molecular weight is 273 g/mol. The fourth-order valence-electron chi connectivity index (χ4n) is 2.66. The molecule has 1 atom stereocenters. The number of carbonyl (C=O) groups is 1. The van der Waals surface area contributed by atoms with E-state index in [1.165, 1.54) is 12.8 Å². The lowest BCUT2D eigenvalue weighted by atomic mass is 10.1. The van der Waals surface area contributed by atoms with Gasteiger partial charge >= 0.3 is 5.97 Å². The molecule has 0 radical (unpaired) electrons. The predicted molar refractivity (Wildman–Crippen MR) is 76.8 cm³/mol. The van der Waals surface area contributed by atoms with Gasteiger partial charge in [0.1, 0.15) is 5.58 Å². The Morgan fingerprint density at radius 3 is 2.90 bits per heavy atom. The van der Waals surface area contributed by atoms with Gasteiger partial charge in [0.25, 0.3) is 0 Å². The van der Waals surface area contributed by atoms with E-state index in [2.05, 4.69) is 12.2 Å². The molecule has 0 spiro atoms. The SMILES string of the molecule is CC(CC1CC1)NCc1c(C(=O)O)oc2ccccc12. The van der Waals surface area contributed by atoms with Gasteiger partial charge in [-0.05, 0) is 25.3 Å². The van der Waals surface area contributed by atoms with E-state index >= 15 is 0 Å². The van der Waals surface area contributed by atoms with Crippen LogP contribution in [-0.2, 0) is 6.54 Å². The first-order valence-corrected chi connectivity index (χ1v) is 7.12. The third-order valence-electron chi connectivity index (χ3n) is 3.90. The molecule has 1 heterocycles. The number of hydrogen-bond donors (Lipinski definition) is 2. The van der Waals surface area contributed by atoms with Crippen LogP contribution in [0.15, 0.2) is 28.7 Å². The number of hydrogen-bond acceptors (Lipinski definition) is 3. The monoisotopic (exact) mass is 273 g/mol. The third-order valence-corrected chi connectivity index (χ3v) is 3.90. The molecule has 3 rings (SSSR count). The minimum Gasteiger partial charge on any atom is -0.475 e. The number of aromatic carboxylic acids is 1. The van der Waals surface area contributed by atoms with Crippen LogP contribution in [0.5, 0.6) is 0 Å². The van der Waals surface area contributed by atoms with Gasteiger partial charge in [0, 0.05) is 23.5 Å².